The number of anilines is 1. The van der Waals surface area contributed by atoms with Gasteiger partial charge in [-0.15, -0.1) is 0 Å². The Labute approximate surface area is 178 Å². The molecule has 0 saturated heterocycles. The first kappa shape index (κ1) is 19.1. The van der Waals surface area contributed by atoms with Crippen molar-refractivity contribution in [1.29, 1.82) is 0 Å². The molecule has 3 N–H and O–H groups in total. The highest BCUT2D eigenvalue weighted by atomic mass is 35.5. The monoisotopic (exact) mass is 420 g/mol. The number of aromatic nitrogens is 2. The molecule has 0 spiro atoms. The van der Waals surface area contributed by atoms with Crippen LogP contribution in [0.15, 0.2) is 66.7 Å². The number of para-hydroxylation sites is 2. The minimum atomic E-state index is -0.321. The topological polar surface area (TPSA) is 69.8 Å². The molecule has 0 aliphatic rings. The number of fused-ring (bicyclic) bond motifs is 1. The molecule has 0 aliphatic heterocycles. The number of hydrogen-bond acceptors (Lipinski definition) is 3. The smallest absolute Gasteiger partial charge is 0.257 e. The summed E-state index contributed by atoms with van der Waals surface area (Å²) < 4.78 is 0. The third kappa shape index (κ3) is 4.29. The Bertz CT molecular complexity index is 1200. The molecule has 1 amide bonds. The average molecular weight is 421 g/mol. The van der Waals surface area contributed by atoms with Crippen LogP contribution in [0.5, 0.6) is 0 Å². The third-order valence-corrected chi connectivity index (χ3v) is 5.06. The zero-order valence-electron chi connectivity index (χ0n) is 15.5. The zero-order valence-corrected chi connectivity index (χ0v) is 17.1. The van der Waals surface area contributed by atoms with Gasteiger partial charge in [0.2, 0.25) is 0 Å². The van der Waals surface area contributed by atoms with Crippen molar-refractivity contribution in [1.82, 2.24) is 15.3 Å². The molecule has 0 bridgehead atoms. The average Bonchev–Trinajstić information content (AvgIpc) is 3.14. The SMILES string of the molecule is Cc1ccc(C(=O)NC(=S)Nc2cccc(-c3nc4ccccc4[nH]3)c2)cc1Cl. The predicted octanol–water partition coefficient (Wildman–Crippen LogP) is 5.32. The molecular weight excluding hydrogens is 404 g/mol. The van der Waals surface area contributed by atoms with Crippen molar-refractivity contribution in [3.8, 4) is 11.4 Å². The van der Waals surface area contributed by atoms with Gasteiger partial charge < -0.3 is 10.3 Å². The van der Waals surface area contributed by atoms with E-state index in [1.807, 2.05) is 55.5 Å². The number of hydrogen-bond donors (Lipinski definition) is 3. The van der Waals surface area contributed by atoms with Gasteiger partial charge in [-0.05, 0) is 61.1 Å². The molecular formula is C22H17ClN4OS. The first-order chi connectivity index (χ1) is 14.0. The number of aryl methyl sites for hydroxylation is 1. The van der Waals surface area contributed by atoms with Crippen LogP contribution in [0.25, 0.3) is 22.4 Å². The summed E-state index contributed by atoms with van der Waals surface area (Å²) in [5.41, 5.74) is 4.88. The lowest BCUT2D eigenvalue weighted by molar-refractivity contribution is 0.0977. The highest BCUT2D eigenvalue weighted by Gasteiger charge is 2.10. The van der Waals surface area contributed by atoms with Gasteiger partial charge in [0.05, 0.1) is 11.0 Å². The standard InChI is InChI=1S/C22H17ClN4OS/c1-13-9-10-15(12-17(13)23)21(28)27-22(29)24-16-6-4-5-14(11-16)20-25-18-7-2-3-8-19(18)26-20/h2-12H,1H3,(H,25,26)(H2,24,27,28,29). The van der Waals surface area contributed by atoms with Crippen LogP contribution < -0.4 is 10.6 Å². The summed E-state index contributed by atoms with van der Waals surface area (Å²) >= 11 is 11.4. The van der Waals surface area contributed by atoms with E-state index in [1.54, 1.807) is 18.2 Å². The van der Waals surface area contributed by atoms with E-state index in [-0.39, 0.29) is 11.0 Å². The summed E-state index contributed by atoms with van der Waals surface area (Å²) in [7, 11) is 0. The Kier molecular flexibility index (Phi) is 5.29. The first-order valence-electron chi connectivity index (χ1n) is 8.93. The maximum absolute atomic E-state index is 12.4. The highest BCUT2D eigenvalue weighted by molar-refractivity contribution is 7.80. The van der Waals surface area contributed by atoms with Crippen molar-refractivity contribution in [3.63, 3.8) is 0 Å². The summed E-state index contributed by atoms with van der Waals surface area (Å²) in [5, 5.41) is 6.45. The maximum atomic E-state index is 12.4. The predicted molar refractivity (Wildman–Crippen MR) is 121 cm³/mol. The van der Waals surface area contributed by atoms with Gasteiger partial charge in [-0.25, -0.2) is 4.98 Å². The van der Waals surface area contributed by atoms with Crippen molar-refractivity contribution in [2.45, 2.75) is 6.92 Å². The van der Waals surface area contributed by atoms with Crippen molar-refractivity contribution >= 4 is 51.6 Å². The molecule has 0 atom stereocenters. The largest absolute Gasteiger partial charge is 0.338 e. The minimum Gasteiger partial charge on any atom is -0.338 e. The number of nitrogens with zero attached hydrogens (tertiary/aromatic N) is 1. The van der Waals surface area contributed by atoms with Crippen LogP contribution >= 0.6 is 23.8 Å². The van der Waals surface area contributed by atoms with E-state index >= 15 is 0 Å². The molecule has 0 radical (unpaired) electrons. The molecule has 1 heterocycles. The van der Waals surface area contributed by atoms with Gasteiger partial charge in [0.1, 0.15) is 5.82 Å². The maximum Gasteiger partial charge on any atom is 0.257 e. The van der Waals surface area contributed by atoms with E-state index in [9.17, 15) is 4.79 Å². The molecule has 0 saturated carbocycles. The molecule has 144 valence electrons. The van der Waals surface area contributed by atoms with Crippen LogP contribution in [-0.2, 0) is 0 Å². The Morgan fingerprint density at radius 3 is 2.69 bits per heavy atom. The molecule has 0 unspecified atom stereocenters. The van der Waals surface area contributed by atoms with E-state index in [0.29, 0.717) is 10.6 Å². The number of H-pyrrole nitrogens is 1. The normalized spacial score (nSPS) is 10.7. The van der Waals surface area contributed by atoms with E-state index in [1.165, 1.54) is 0 Å². The second-order valence-electron chi connectivity index (χ2n) is 6.56. The van der Waals surface area contributed by atoms with Gasteiger partial charge in [0, 0.05) is 21.8 Å². The first-order valence-corrected chi connectivity index (χ1v) is 9.72. The number of aromatic amines is 1. The fourth-order valence-electron chi connectivity index (χ4n) is 2.91. The molecule has 4 rings (SSSR count). The molecule has 29 heavy (non-hydrogen) atoms. The summed E-state index contributed by atoms with van der Waals surface area (Å²) in [6.07, 6.45) is 0. The number of halogens is 1. The quantitative estimate of drug-likeness (QED) is 0.392. The van der Waals surface area contributed by atoms with Gasteiger partial charge in [-0.3, -0.25) is 10.1 Å². The molecule has 4 aromatic rings. The Morgan fingerprint density at radius 1 is 1.07 bits per heavy atom. The number of thiocarbonyl (C=S) groups is 1. The number of carbonyl (C=O) groups excluding carboxylic acids is 1. The number of imidazole rings is 1. The zero-order chi connectivity index (χ0) is 20.4. The lowest BCUT2D eigenvalue weighted by Gasteiger charge is -2.11. The van der Waals surface area contributed by atoms with Crippen molar-refractivity contribution in [3.05, 3.63) is 82.9 Å². The van der Waals surface area contributed by atoms with E-state index in [4.69, 9.17) is 23.8 Å². The van der Waals surface area contributed by atoms with Crippen LogP contribution in [0.2, 0.25) is 5.02 Å². The lowest BCUT2D eigenvalue weighted by atomic mass is 10.1. The highest BCUT2D eigenvalue weighted by Crippen LogP contribution is 2.23. The van der Waals surface area contributed by atoms with Crippen LogP contribution in [-0.4, -0.2) is 21.0 Å². The number of rotatable bonds is 3. The van der Waals surface area contributed by atoms with E-state index < -0.39 is 0 Å². The van der Waals surface area contributed by atoms with Crippen molar-refractivity contribution < 1.29 is 4.79 Å². The number of benzene rings is 3. The summed E-state index contributed by atoms with van der Waals surface area (Å²) in [6.45, 7) is 1.88. The number of carbonyl (C=O) groups is 1. The molecule has 3 aromatic carbocycles. The summed E-state index contributed by atoms with van der Waals surface area (Å²) in [6, 6.07) is 20.6. The second-order valence-corrected chi connectivity index (χ2v) is 7.37. The van der Waals surface area contributed by atoms with Crippen LogP contribution in [0.3, 0.4) is 0 Å². The fourth-order valence-corrected chi connectivity index (χ4v) is 3.30. The molecule has 5 nitrogen and oxygen atoms in total. The fraction of sp³-hybridized carbons (Fsp3) is 0.0455. The van der Waals surface area contributed by atoms with Crippen molar-refractivity contribution in [2.75, 3.05) is 5.32 Å². The van der Waals surface area contributed by atoms with Crippen LogP contribution in [0.1, 0.15) is 15.9 Å². The van der Waals surface area contributed by atoms with Crippen LogP contribution in [0, 0.1) is 6.92 Å². The second kappa shape index (κ2) is 8.03. The summed E-state index contributed by atoms with van der Waals surface area (Å²) in [5.74, 6) is 0.442. The summed E-state index contributed by atoms with van der Waals surface area (Å²) in [4.78, 5) is 20.3. The van der Waals surface area contributed by atoms with E-state index in [0.717, 1.165) is 33.7 Å². The van der Waals surface area contributed by atoms with Gasteiger partial charge in [0.25, 0.3) is 5.91 Å². The molecule has 1 aromatic heterocycles. The Hall–Kier alpha value is -3.22. The van der Waals surface area contributed by atoms with Gasteiger partial charge in [0.15, 0.2) is 5.11 Å². The van der Waals surface area contributed by atoms with Gasteiger partial charge >= 0.3 is 0 Å². The number of nitrogens with one attached hydrogen (secondary N) is 3. The lowest BCUT2D eigenvalue weighted by Crippen LogP contribution is -2.34. The Balaban J connectivity index is 1.48. The van der Waals surface area contributed by atoms with Crippen LogP contribution in [0.4, 0.5) is 5.69 Å². The molecule has 7 heteroatoms. The third-order valence-electron chi connectivity index (χ3n) is 4.44. The van der Waals surface area contributed by atoms with Gasteiger partial charge in [-0.1, -0.05) is 41.9 Å². The van der Waals surface area contributed by atoms with E-state index in [2.05, 4.69) is 20.6 Å². The van der Waals surface area contributed by atoms with Crippen molar-refractivity contribution in [2.24, 2.45) is 0 Å². The molecule has 0 fully saturated rings. The van der Waals surface area contributed by atoms with Gasteiger partial charge in [-0.2, -0.15) is 0 Å². The molecule has 0 aliphatic carbocycles. The Morgan fingerprint density at radius 2 is 1.90 bits per heavy atom. The minimum absolute atomic E-state index is 0.202. The number of amides is 1.